The van der Waals surface area contributed by atoms with Crippen LogP contribution < -0.4 is 24.3 Å². The van der Waals surface area contributed by atoms with E-state index in [2.05, 4.69) is 15.5 Å². The smallest absolute Gasteiger partial charge is 0.251 e. The Balaban J connectivity index is 1.28. The number of rotatable bonds is 7. The summed E-state index contributed by atoms with van der Waals surface area (Å²) in [5.41, 5.74) is 4.83. The number of hydrogen-bond acceptors (Lipinski definition) is 6. The van der Waals surface area contributed by atoms with Crippen molar-refractivity contribution in [1.82, 2.24) is 15.5 Å². The number of amides is 1. The van der Waals surface area contributed by atoms with Gasteiger partial charge in [-0.1, -0.05) is 18.2 Å². The fourth-order valence-electron chi connectivity index (χ4n) is 3.94. The molecular formula is C27H25N3O5. The third kappa shape index (κ3) is 4.77. The molecule has 1 aliphatic rings. The lowest BCUT2D eigenvalue weighted by atomic mass is 10.1. The molecule has 1 aliphatic heterocycles. The van der Waals surface area contributed by atoms with Gasteiger partial charge in [0.1, 0.15) is 24.7 Å². The lowest BCUT2D eigenvalue weighted by Crippen LogP contribution is -2.22. The summed E-state index contributed by atoms with van der Waals surface area (Å²) >= 11 is 0. The molecule has 8 heteroatoms. The lowest BCUT2D eigenvalue weighted by Gasteiger charge is -2.20. The van der Waals surface area contributed by atoms with Gasteiger partial charge in [0, 0.05) is 29.3 Å². The minimum atomic E-state index is -0.172. The number of para-hydroxylation sites is 1. The van der Waals surface area contributed by atoms with Gasteiger partial charge in [0.15, 0.2) is 11.5 Å². The average Bonchev–Trinajstić information content (AvgIpc) is 3.41. The lowest BCUT2D eigenvalue weighted by molar-refractivity contribution is 0.0951. The molecule has 0 unspecified atom stereocenters. The van der Waals surface area contributed by atoms with Gasteiger partial charge in [0.25, 0.3) is 5.91 Å². The predicted octanol–water partition coefficient (Wildman–Crippen LogP) is 4.46. The molecule has 5 rings (SSSR count). The standard InChI is InChI=1S/C27H25N3O5/c1-32-20-12-17(13-21(14-20)33-2)16-28-27(31)19-8-6-18(7-9-19)23-15-24(30-29-23)22-4-3-5-25-26(22)35-11-10-34-25/h3-9,12-15H,10-11,16H2,1-2H3,(H,28,31)(H,29,30). The summed E-state index contributed by atoms with van der Waals surface area (Å²) in [7, 11) is 3.19. The Morgan fingerprint density at radius 1 is 0.971 bits per heavy atom. The molecule has 0 atom stereocenters. The number of nitrogens with one attached hydrogen (secondary N) is 2. The number of aromatic amines is 1. The minimum Gasteiger partial charge on any atom is -0.497 e. The Bertz CT molecular complexity index is 1330. The second-order valence-electron chi connectivity index (χ2n) is 7.98. The van der Waals surface area contributed by atoms with E-state index in [0.29, 0.717) is 36.8 Å². The zero-order valence-electron chi connectivity index (χ0n) is 19.5. The van der Waals surface area contributed by atoms with Gasteiger partial charge in [-0.25, -0.2) is 0 Å². The van der Waals surface area contributed by atoms with Gasteiger partial charge >= 0.3 is 0 Å². The largest absolute Gasteiger partial charge is 0.497 e. The molecule has 8 nitrogen and oxygen atoms in total. The Hall–Kier alpha value is -4.46. The van der Waals surface area contributed by atoms with Crippen LogP contribution in [0.3, 0.4) is 0 Å². The summed E-state index contributed by atoms with van der Waals surface area (Å²) in [6, 6.07) is 20.6. The van der Waals surface area contributed by atoms with E-state index in [1.54, 1.807) is 32.4 Å². The highest BCUT2D eigenvalue weighted by Gasteiger charge is 2.18. The summed E-state index contributed by atoms with van der Waals surface area (Å²) in [5, 5.41) is 10.5. The third-order valence-electron chi connectivity index (χ3n) is 5.74. The first kappa shape index (κ1) is 22.3. The number of hydrogen-bond donors (Lipinski definition) is 2. The first-order valence-electron chi connectivity index (χ1n) is 11.2. The maximum atomic E-state index is 12.7. The molecule has 3 aromatic carbocycles. The van der Waals surface area contributed by atoms with Gasteiger partial charge in [0.2, 0.25) is 0 Å². The Morgan fingerprint density at radius 2 is 1.71 bits per heavy atom. The molecule has 2 heterocycles. The van der Waals surface area contributed by atoms with Crippen LogP contribution in [0.5, 0.6) is 23.0 Å². The quantitative estimate of drug-likeness (QED) is 0.413. The van der Waals surface area contributed by atoms with Crippen LogP contribution in [0.2, 0.25) is 0 Å². The molecule has 1 aromatic heterocycles. The van der Waals surface area contributed by atoms with Crippen LogP contribution in [0.1, 0.15) is 15.9 Å². The maximum Gasteiger partial charge on any atom is 0.251 e. The topological polar surface area (TPSA) is 94.7 Å². The monoisotopic (exact) mass is 471 g/mol. The molecule has 35 heavy (non-hydrogen) atoms. The van der Waals surface area contributed by atoms with Crippen LogP contribution in [-0.2, 0) is 6.54 Å². The second kappa shape index (κ2) is 9.80. The molecule has 0 fully saturated rings. The molecule has 4 aromatic rings. The molecule has 0 aliphatic carbocycles. The van der Waals surface area contributed by atoms with Crippen molar-refractivity contribution in [2.24, 2.45) is 0 Å². The van der Waals surface area contributed by atoms with E-state index in [1.807, 2.05) is 48.5 Å². The normalized spacial score (nSPS) is 12.2. The van der Waals surface area contributed by atoms with Gasteiger partial charge in [-0.15, -0.1) is 0 Å². The van der Waals surface area contributed by atoms with E-state index in [9.17, 15) is 4.79 Å². The van der Waals surface area contributed by atoms with Gasteiger partial charge in [-0.05, 0) is 48.0 Å². The molecule has 0 saturated heterocycles. The number of benzene rings is 3. The number of carbonyl (C=O) groups excluding carboxylic acids is 1. The fourth-order valence-corrected chi connectivity index (χ4v) is 3.94. The molecule has 1 amide bonds. The van der Waals surface area contributed by atoms with Crippen molar-refractivity contribution < 1.29 is 23.7 Å². The van der Waals surface area contributed by atoms with E-state index in [0.717, 1.165) is 39.6 Å². The van der Waals surface area contributed by atoms with Crippen LogP contribution in [-0.4, -0.2) is 43.5 Å². The summed E-state index contributed by atoms with van der Waals surface area (Å²) < 4.78 is 22.1. The van der Waals surface area contributed by atoms with Gasteiger partial charge < -0.3 is 24.3 Å². The van der Waals surface area contributed by atoms with Crippen molar-refractivity contribution in [3.8, 4) is 45.5 Å². The fraction of sp³-hybridized carbons (Fsp3) is 0.185. The minimum absolute atomic E-state index is 0.172. The third-order valence-corrected chi connectivity index (χ3v) is 5.74. The van der Waals surface area contributed by atoms with Crippen molar-refractivity contribution in [2.45, 2.75) is 6.54 Å². The SMILES string of the molecule is COc1cc(CNC(=O)c2ccc(-c3cc(-c4cccc5c4OCCO5)[nH]n3)cc2)cc(OC)c1. The van der Waals surface area contributed by atoms with Crippen LogP contribution in [0.4, 0.5) is 0 Å². The average molecular weight is 472 g/mol. The second-order valence-corrected chi connectivity index (χ2v) is 7.98. The van der Waals surface area contributed by atoms with Crippen molar-refractivity contribution in [3.63, 3.8) is 0 Å². The summed E-state index contributed by atoms with van der Waals surface area (Å²) in [6.45, 7) is 1.41. The predicted molar refractivity (Wildman–Crippen MR) is 131 cm³/mol. The molecule has 0 saturated carbocycles. The molecular weight excluding hydrogens is 446 g/mol. The zero-order valence-corrected chi connectivity index (χ0v) is 19.5. The summed E-state index contributed by atoms with van der Waals surface area (Å²) in [5.74, 6) is 2.62. The van der Waals surface area contributed by atoms with Gasteiger partial charge in [0.05, 0.1) is 25.6 Å². The molecule has 178 valence electrons. The number of fused-ring (bicyclic) bond motifs is 1. The van der Waals surface area contributed by atoms with Crippen molar-refractivity contribution in [2.75, 3.05) is 27.4 Å². The highest BCUT2D eigenvalue weighted by atomic mass is 16.6. The number of ether oxygens (including phenoxy) is 4. The maximum absolute atomic E-state index is 12.7. The zero-order chi connectivity index (χ0) is 24.2. The molecule has 2 N–H and O–H groups in total. The van der Waals surface area contributed by atoms with Crippen LogP contribution >= 0.6 is 0 Å². The van der Waals surface area contributed by atoms with Crippen molar-refractivity contribution in [3.05, 3.63) is 77.9 Å². The van der Waals surface area contributed by atoms with E-state index >= 15 is 0 Å². The number of methoxy groups -OCH3 is 2. The number of carbonyl (C=O) groups is 1. The van der Waals surface area contributed by atoms with Gasteiger partial charge in [-0.3, -0.25) is 9.89 Å². The number of nitrogens with zero attached hydrogens (tertiary/aromatic N) is 1. The van der Waals surface area contributed by atoms with Crippen LogP contribution in [0.25, 0.3) is 22.5 Å². The van der Waals surface area contributed by atoms with Crippen molar-refractivity contribution >= 4 is 5.91 Å². The number of H-pyrrole nitrogens is 1. The number of aromatic nitrogens is 2. The Morgan fingerprint density at radius 3 is 2.46 bits per heavy atom. The molecule has 0 spiro atoms. The Kier molecular flexibility index (Phi) is 6.26. The highest BCUT2D eigenvalue weighted by Crippen LogP contribution is 2.39. The van der Waals surface area contributed by atoms with E-state index < -0.39 is 0 Å². The summed E-state index contributed by atoms with van der Waals surface area (Å²) in [4.78, 5) is 12.7. The Labute approximate surface area is 202 Å². The van der Waals surface area contributed by atoms with Crippen LogP contribution in [0.15, 0.2) is 66.7 Å². The van der Waals surface area contributed by atoms with Crippen molar-refractivity contribution in [1.29, 1.82) is 0 Å². The van der Waals surface area contributed by atoms with E-state index in [4.69, 9.17) is 18.9 Å². The van der Waals surface area contributed by atoms with Crippen LogP contribution in [0, 0.1) is 0 Å². The molecule has 0 bridgehead atoms. The van der Waals surface area contributed by atoms with E-state index in [-0.39, 0.29) is 5.91 Å². The summed E-state index contributed by atoms with van der Waals surface area (Å²) in [6.07, 6.45) is 0. The van der Waals surface area contributed by atoms with Gasteiger partial charge in [-0.2, -0.15) is 5.10 Å². The highest BCUT2D eigenvalue weighted by molar-refractivity contribution is 5.94. The first-order valence-corrected chi connectivity index (χ1v) is 11.2. The van der Waals surface area contributed by atoms with E-state index in [1.165, 1.54) is 0 Å². The molecule has 0 radical (unpaired) electrons. The first-order chi connectivity index (χ1) is 17.1.